The number of rotatable bonds is 4. The van der Waals surface area contributed by atoms with E-state index in [1.165, 1.54) is 19.1 Å². The largest absolute Gasteiger partial charge is 0.480 e. The van der Waals surface area contributed by atoms with E-state index in [2.05, 4.69) is 4.72 Å². The Morgan fingerprint density at radius 3 is 2.56 bits per heavy atom. The first-order valence-electron chi connectivity index (χ1n) is 4.65. The summed E-state index contributed by atoms with van der Waals surface area (Å²) in [4.78, 5) is 10.6. The highest BCUT2D eigenvalue weighted by Gasteiger charge is 2.21. The predicted molar refractivity (Wildman–Crippen MR) is 58.6 cm³/mol. The van der Waals surface area contributed by atoms with Crippen LogP contribution >= 0.6 is 0 Å². The number of hydrogen-bond acceptors (Lipinski definition) is 3. The molecule has 6 heteroatoms. The molecule has 5 nitrogen and oxygen atoms in total. The summed E-state index contributed by atoms with van der Waals surface area (Å²) in [5.74, 6) is -1.21. The van der Waals surface area contributed by atoms with Gasteiger partial charge in [-0.15, -0.1) is 0 Å². The molecule has 0 bridgehead atoms. The molecule has 0 aliphatic rings. The number of hydrogen-bond donors (Lipinski definition) is 2. The summed E-state index contributed by atoms with van der Waals surface area (Å²) in [6.45, 7) is 3.04. The Morgan fingerprint density at radius 1 is 1.44 bits per heavy atom. The third kappa shape index (κ3) is 3.04. The third-order valence-electron chi connectivity index (χ3n) is 2.00. The minimum absolute atomic E-state index is 0.0700. The van der Waals surface area contributed by atoms with Gasteiger partial charge in [-0.2, -0.15) is 4.72 Å². The van der Waals surface area contributed by atoms with Gasteiger partial charge in [-0.05, 0) is 31.5 Å². The summed E-state index contributed by atoms with van der Waals surface area (Å²) in [5.41, 5.74) is 0.797. The van der Waals surface area contributed by atoms with E-state index in [1.54, 1.807) is 19.1 Å². The van der Waals surface area contributed by atoms with Crippen LogP contribution in [0.3, 0.4) is 0 Å². The maximum absolute atomic E-state index is 11.7. The molecule has 0 unspecified atom stereocenters. The summed E-state index contributed by atoms with van der Waals surface area (Å²) < 4.78 is 25.5. The lowest BCUT2D eigenvalue weighted by Gasteiger charge is -2.10. The van der Waals surface area contributed by atoms with Crippen molar-refractivity contribution < 1.29 is 18.3 Å². The average molecular weight is 243 g/mol. The second-order valence-corrected chi connectivity index (χ2v) is 5.21. The number of nitrogens with one attached hydrogen (secondary N) is 1. The van der Waals surface area contributed by atoms with Crippen molar-refractivity contribution in [1.29, 1.82) is 0 Å². The lowest BCUT2D eigenvalue weighted by atomic mass is 10.2. The topological polar surface area (TPSA) is 83.5 Å². The molecule has 1 atom stereocenters. The zero-order valence-corrected chi connectivity index (χ0v) is 9.78. The van der Waals surface area contributed by atoms with Gasteiger partial charge in [0.1, 0.15) is 6.04 Å². The summed E-state index contributed by atoms with van der Waals surface area (Å²) in [6.07, 6.45) is 0. The van der Waals surface area contributed by atoms with Crippen LogP contribution in [0, 0.1) is 6.92 Å². The van der Waals surface area contributed by atoms with Gasteiger partial charge in [0.05, 0.1) is 4.90 Å². The molecule has 1 aromatic carbocycles. The fourth-order valence-corrected chi connectivity index (χ4v) is 2.43. The number of benzene rings is 1. The van der Waals surface area contributed by atoms with E-state index in [-0.39, 0.29) is 4.90 Å². The van der Waals surface area contributed by atoms with Crippen molar-refractivity contribution >= 4 is 16.0 Å². The summed E-state index contributed by atoms with van der Waals surface area (Å²) in [7, 11) is -3.76. The first kappa shape index (κ1) is 12.7. The van der Waals surface area contributed by atoms with E-state index in [1.807, 2.05) is 0 Å². The van der Waals surface area contributed by atoms with Gasteiger partial charge in [0.15, 0.2) is 0 Å². The average Bonchev–Trinajstić information content (AvgIpc) is 2.17. The standard InChI is InChI=1S/C10H13NO4S/c1-7-4-3-5-9(6-7)16(14,15)11-8(2)10(12)13/h3-6,8,11H,1-2H3,(H,12,13)/t8-/m0/s1. The maximum Gasteiger partial charge on any atom is 0.321 e. The van der Waals surface area contributed by atoms with Crippen molar-refractivity contribution in [2.75, 3.05) is 0 Å². The zero-order chi connectivity index (χ0) is 12.3. The molecule has 0 fully saturated rings. The van der Waals surface area contributed by atoms with Crippen molar-refractivity contribution in [3.8, 4) is 0 Å². The highest BCUT2D eigenvalue weighted by molar-refractivity contribution is 7.89. The Bertz CT molecular complexity index is 495. The Kier molecular flexibility index (Phi) is 3.66. The van der Waals surface area contributed by atoms with E-state index >= 15 is 0 Å². The third-order valence-corrected chi connectivity index (χ3v) is 3.54. The molecule has 0 amide bonds. The van der Waals surface area contributed by atoms with Crippen LogP contribution < -0.4 is 4.72 Å². The van der Waals surface area contributed by atoms with Crippen molar-refractivity contribution in [2.45, 2.75) is 24.8 Å². The van der Waals surface area contributed by atoms with Crippen LogP contribution in [0.1, 0.15) is 12.5 Å². The monoisotopic (exact) mass is 243 g/mol. The molecule has 0 saturated heterocycles. The van der Waals surface area contributed by atoms with Gasteiger partial charge in [0.2, 0.25) is 10.0 Å². The lowest BCUT2D eigenvalue weighted by Crippen LogP contribution is -2.38. The molecular weight excluding hydrogens is 230 g/mol. The van der Waals surface area contributed by atoms with E-state index in [0.29, 0.717) is 0 Å². The summed E-state index contributed by atoms with van der Waals surface area (Å²) in [6, 6.07) is 5.13. The van der Waals surface area contributed by atoms with Crippen molar-refractivity contribution in [3.05, 3.63) is 29.8 Å². The smallest absolute Gasteiger partial charge is 0.321 e. The zero-order valence-electron chi connectivity index (χ0n) is 8.97. The fourth-order valence-electron chi connectivity index (χ4n) is 1.13. The molecule has 1 aromatic rings. The van der Waals surface area contributed by atoms with Crippen molar-refractivity contribution in [1.82, 2.24) is 4.72 Å². The summed E-state index contributed by atoms with van der Waals surface area (Å²) in [5, 5.41) is 8.62. The van der Waals surface area contributed by atoms with E-state index < -0.39 is 22.0 Å². The maximum atomic E-state index is 11.7. The molecule has 16 heavy (non-hydrogen) atoms. The molecule has 0 saturated carbocycles. The van der Waals surface area contributed by atoms with Crippen molar-refractivity contribution in [2.24, 2.45) is 0 Å². The van der Waals surface area contributed by atoms with Gasteiger partial charge in [0.25, 0.3) is 0 Å². The van der Waals surface area contributed by atoms with Gasteiger partial charge < -0.3 is 5.11 Å². The number of aryl methyl sites for hydroxylation is 1. The molecule has 88 valence electrons. The van der Waals surface area contributed by atoms with Gasteiger partial charge >= 0.3 is 5.97 Å². The normalized spacial score (nSPS) is 13.4. The molecule has 0 radical (unpaired) electrons. The minimum atomic E-state index is -3.76. The second kappa shape index (κ2) is 4.63. The molecule has 0 spiro atoms. The molecule has 0 aliphatic heterocycles. The molecule has 0 heterocycles. The minimum Gasteiger partial charge on any atom is -0.480 e. The van der Waals surface area contributed by atoms with E-state index in [4.69, 9.17) is 5.11 Å². The Labute approximate surface area is 94.2 Å². The number of aliphatic carboxylic acids is 1. The number of sulfonamides is 1. The molecule has 2 N–H and O–H groups in total. The van der Waals surface area contributed by atoms with E-state index in [9.17, 15) is 13.2 Å². The number of carbonyl (C=O) groups is 1. The van der Waals surface area contributed by atoms with Crippen LogP contribution in [0.5, 0.6) is 0 Å². The van der Waals surface area contributed by atoms with Crippen molar-refractivity contribution in [3.63, 3.8) is 0 Å². The van der Waals surface area contributed by atoms with Crippen LogP contribution in [-0.2, 0) is 14.8 Å². The SMILES string of the molecule is Cc1cccc(S(=O)(=O)N[C@@H](C)C(=O)O)c1. The molecule has 0 aromatic heterocycles. The Balaban J connectivity index is 2.99. The number of carboxylic acids is 1. The molecule has 0 aliphatic carbocycles. The molecule has 1 rings (SSSR count). The predicted octanol–water partition coefficient (Wildman–Crippen LogP) is 0.746. The molecular formula is C10H13NO4S. The van der Waals surface area contributed by atoms with Crippen LogP contribution in [-0.4, -0.2) is 25.5 Å². The van der Waals surface area contributed by atoms with Crippen LogP contribution in [0.15, 0.2) is 29.2 Å². The van der Waals surface area contributed by atoms with Gasteiger partial charge in [-0.1, -0.05) is 12.1 Å². The van der Waals surface area contributed by atoms with Gasteiger partial charge in [-0.25, -0.2) is 8.42 Å². The van der Waals surface area contributed by atoms with Crippen LogP contribution in [0.4, 0.5) is 0 Å². The first-order chi connectivity index (χ1) is 7.33. The lowest BCUT2D eigenvalue weighted by molar-refractivity contribution is -0.138. The highest BCUT2D eigenvalue weighted by Crippen LogP contribution is 2.11. The van der Waals surface area contributed by atoms with Gasteiger partial charge in [-0.3, -0.25) is 4.79 Å². The van der Waals surface area contributed by atoms with E-state index in [0.717, 1.165) is 5.56 Å². The van der Waals surface area contributed by atoms with Gasteiger partial charge in [0, 0.05) is 0 Å². The Morgan fingerprint density at radius 2 is 2.06 bits per heavy atom. The summed E-state index contributed by atoms with van der Waals surface area (Å²) >= 11 is 0. The fraction of sp³-hybridized carbons (Fsp3) is 0.300. The number of carboxylic acid groups (broad SMARTS) is 1. The van der Waals surface area contributed by atoms with Crippen LogP contribution in [0.25, 0.3) is 0 Å². The Hall–Kier alpha value is -1.40. The van der Waals surface area contributed by atoms with Crippen LogP contribution in [0.2, 0.25) is 0 Å². The second-order valence-electron chi connectivity index (χ2n) is 3.50. The first-order valence-corrected chi connectivity index (χ1v) is 6.13. The quantitative estimate of drug-likeness (QED) is 0.817. The highest BCUT2D eigenvalue weighted by atomic mass is 32.2.